The molecule has 0 fully saturated rings. The highest BCUT2D eigenvalue weighted by Crippen LogP contribution is 1.99. The second-order valence-corrected chi connectivity index (χ2v) is 3.20. The van der Waals surface area contributed by atoms with Gasteiger partial charge in [0.2, 0.25) is 0 Å². The van der Waals surface area contributed by atoms with Gasteiger partial charge in [0.05, 0.1) is 6.61 Å². The van der Waals surface area contributed by atoms with E-state index >= 15 is 0 Å². The SMILES string of the molecule is CCOC(=O)C(C)=CCCN(C)C. The minimum absolute atomic E-state index is 0.207. The molecular formula is C10H19NO2. The largest absolute Gasteiger partial charge is 0.463 e. The average molecular weight is 185 g/mol. The molecule has 0 rings (SSSR count). The van der Waals surface area contributed by atoms with Crippen LogP contribution in [0.1, 0.15) is 20.3 Å². The van der Waals surface area contributed by atoms with Crippen LogP contribution in [0.25, 0.3) is 0 Å². The first-order valence-electron chi connectivity index (χ1n) is 4.56. The summed E-state index contributed by atoms with van der Waals surface area (Å²) in [4.78, 5) is 13.2. The molecule has 0 amide bonds. The normalized spacial score (nSPS) is 11.9. The van der Waals surface area contributed by atoms with Crippen LogP contribution in [0.5, 0.6) is 0 Å². The van der Waals surface area contributed by atoms with Crippen molar-refractivity contribution in [2.75, 3.05) is 27.2 Å². The highest BCUT2D eigenvalue weighted by atomic mass is 16.5. The van der Waals surface area contributed by atoms with E-state index in [1.807, 2.05) is 27.1 Å². The van der Waals surface area contributed by atoms with Gasteiger partial charge >= 0.3 is 5.97 Å². The van der Waals surface area contributed by atoms with E-state index in [1.54, 1.807) is 6.92 Å². The smallest absolute Gasteiger partial charge is 0.333 e. The molecule has 0 unspecified atom stereocenters. The molecule has 0 saturated heterocycles. The molecule has 3 nitrogen and oxygen atoms in total. The summed E-state index contributed by atoms with van der Waals surface area (Å²) in [6, 6.07) is 0. The molecule has 0 radical (unpaired) electrons. The molecule has 0 aromatic heterocycles. The Hall–Kier alpha value is -0.830. The van der Waals surface area contributed by atoms with Gasteiger partial charge in [0, 0.05) is 12.1 Å². The highest BCUT2D eigenvalue weighted by molar-refractivity contribution is 5.87. The predicted molar refractivity (Wildman–Crippen MR) is 53.6 cm³/mol. The first-order valence-corrected chi connectivity index (χ1v) is 4.56. The molecule has 0 aliphatic carbocycles. The number of hydrogen-bond donors (Lipinski definition) is 0. The Morgan fingerprint density at radius 2 is 2.08 bits per heavy atom. The van der Waals surface area contributed by atoms with Crippen LogP contribution in [0.2, 0.25) is 0 Å². The van der Waals surface area contributed by atoms with E-state index in [9.17, 15) is 4.79 Å². The van der Waals surface area contributed by atoms with Crippen LogP contribution >= 0.6 is 0 Å². The maximum absolute atomic E-state index is 11.1. The fraction of sp³-hybridized carbons (Fsp3) is 0.700. The van der Waals surface area contributed by atoms with Gasteiger partial charge in [0.1, 0.15) is 0 Å². The van der Waals surface area contributed by atoms with Crippen molar-refractivity contribution < 1.29 is 9.53 Å². The Kier molecular flexibility index (Phi) is 6.24. The Balaban J connectivity index is 3.80. The van der Waals surface area contributed by atoms with Crippen molar-refractivity contribution >= 4 is 5.97 Å². The van der Waals surface area contributed by atoms with E-state index in [1.165, 1.54) is 0 Å². The average Bonchev–Trinajstić information content (AvgIpc) is 2.04. The molecule has 0 aromatic rings. The van der Waals surface area contributed by atoms with Crippen LogP contribution in [0.15, 0.2) is 11.6 Å². The minimum Gasteiger partial charge on any atom is -0.463 e. The third kappa shape index (κ3) is 6.34. The third-order valence-corrected chi connectivity index (χ3v) is 1.62. The van der Waals surface area contributed by atoms with Crippen molar-refractivity contribution in [3.8, 4) is 0 Å². The first kappa shape index (κ1) is 12.2. The second kappa shape index (κ2) is 6.66. The Bertz CT molecular complexity index is 185. The second-order valence-electron chi connectivity index (χ2n) is 3.20. The van der Waals surface area contributed by atoms with E-state index in [4.69, 9.17) is 4.74 Å². The zero-order valence-electron chi connectivity index (χ0n) is 8.96. The van der Waals surface area contributed by atoms with Gasteiger partial charge in [-0.15, -0.1) is 0 Å². The van der Waals surface area contributed by atoms with E-state index < -0.39 is 0 Å². The summed E-state index contributed by atoms with van der Waals surface area (Å²) in [6.07, 6.45) is 2.80. The Morgan fingerprint density at radius 1 is 1.46 bits per heavy atom. The molecule has 0 aromatic carbocycles. The van der Waals surface area contributed by atoms with Crippen molar-refractivity contribution in [2.24, 2.45) is 0 Å². The molecule has 0 aliphatic heterocycles. The summed E-state index contributed by atoms with van der Waals surface area (Å²) in [7, 11) is 4.01. The molecule has 0 bridgehead atoms. The van der Waals surface area contributed by atoms with Crippen LogP contribution in [0, 0.1) is 0 Å². The number of carbonyl (C=O) groups is 1. The van der Waals surface area contributed by atoms with Gasteiger partial charge in [-0.05, 0) is 34.4 Å². The van der Waals surface area contributed by atoms with Crippen molar-refractivity contribution in [1.29, 1.82) is 0 Å². The molecule has 0 spiro atoms. The fourth-order valence-electron chi connectivity index (χ4n) is 0.868. The van der Waals surface area contributed by atoms with Crippen LogP contribution in [-0.4, -0.2) is 38.1 Å². The lowest BCUT2D eigenvalue weighted by molar-refractivity contribution is -0.138. The third-order valence-electron chi connectivity index (χ3n) is 1.62. The van der Waals surface area contributed by atoms with Crippen LogP contribution in [0.3, 0.4) is 0 Å². The summed E-state index contributed by atoms with van der Waals surface area (Å²) in [5.41, 5.74) is 0.698. The predicted octanol–water partition coefficient (Wildman–Crippen LogP) is 1.45. The zero-order valence-corrected chi connectivity index (χ0v) is 8.96. The van der Waals surface area contributed by atoms with E-state index in [2.05, 4.69) is 4.90 Å². The van der Waals surface area contributed by atoms with Crippen LogP contribution in [-0.2, 0) is 9.53 Å². The quantitative estimate of drug-likeness (QED) is 0.479. The molecule has 0 saturated carbocycles. The lowest BCUT2D eigenvalue weighted by Gasteiger charge is -2.06. The Labute approximate surface area is 80.4 Å². The van der Waals surface area contributed by atoms with E-state index in [-0.39, 0.29) is 5.97 Å². The number of carbonyl (C=O) groups excluding carboxylic acids is 1. The minimum atomic E-state index is -0.207. The molecule has 0 N–H and O–H groups in total. The summed E-state index contributed by atoms with van der Waals surface area (Å²) in [6.45, 7) is 4.99. The molecule has 0 aliphatic rings. The molecule has 0 atom stereocenters. The van der Waals surface area contributed by atoms with Crippen molar-refractivity contribution in [1.82, 2.24) is 4.90 Å². The standard InChI is InChI=1S/C10H19NO2/c1-5-13-10(12)9(2)7-6-8-11(3)4/h7H,5-6,8H2,1-4H3. The summed E-state index contributed by atoms with van der Waals surface area (Å²) < 4.78 is 4.84. The van der Waals surface area contributed by atoms with E-state index in [0.29, 0.717) is 12.2 Å². The van der Waals surface area contributed by atoms with Crippen molar-refractivity contribution in [3.63, 3.8) is 0 Å². The molecule has 13 heavy (non-hydrogen) atoms. The maximum Gasteiger partial charge on any atom is 0.333 e. The molecule has 0 heterocycles. The van der Waals surface area contributed by atoms with Gasteiger partial charge in [-0.2, -0.15) is 0 Å². The lowest BCUT2D eigenvalue weighted by atomic mass is 10.2. The van der Waals surface area contributed by atoms with Gasteiger partial charge in [0.15, 0.2) is 0 Å². The van der Waals surface area contributed by atoms with Crippen LogP contribution < -0.4 is 0 Å². The number of esters is 1. The van der Waals surface area contributed by atoms with Gasteiger partial charge in [-0.1, -0.05) is 6.08 Å². The fourth-order valence-corrected chi connectivity index (χ4v) is 0.868. The molecule has 3 heteroatoms. The summed E-state index contributed by atoms with van der Waals surface area (Å²) in [5, 5.41) is 0. The van der Waals surface area contributed by atoms with Crippen molar-refractivity contribution in [2.45, 2.75) is 20.3 Å². The van der Waals surface area contributed by atoms with E-state index in [0.717, 1.165) is 13.0 Å². The maximum atomic E-state index is 11.1. The lowest BCUT2D eigenvalue weighted by Crippen LogP contribution is -2.12. The number of nitrogens with zero attached hydrogens (tertiary/aromatic N) is 1. The summed E-state index contributed by atoms with van der Waals surface area (Å²) >= 11 is 0. The molecule has 76 valence electrons. The summed E-state index contributed by atoms with van der Waals surface area (Å²) in [5.74, 6) is -0.207. The number of hydrogen-bond acceptors (Lipinski definition) is 3. The monoisotopic (exact) mass is 185 g/mol. The van der Waals surface area contributed by atoms with Gasteiger partial charge in [-0.25, -0.2) is 4.79 Å². The molecular weight excluding hydrogens is 166 g/mol. The number of ether oxygens (including phenoxy) is 1. The number of rotatable bonds is 5. The van der Waals surface area contributed by atoms with Gasteiger partial charge in [0.25, 0.3) is 0 Å². The van der Waals surface area contributed by atoms with Crippen molar-refractivity contribution in [3.05, 3.63) is 11.6 Å². The Morgan fingerprint density at radius 3 is 2.54 bits per heavy atom. The zero-order chi connectivity index (χ0) is 10.3. The topological polar surface area (TPSA) is 29.5 Å². The highest BCUT2D eigenvalue weighted by Gasteiger charge is 2.02. The van der Waals surface area contributed by atoms with Gasteiger partial charge < -0.3 is 9.64 Å². The van der Waals surface area contributed by atoms with Gasteiger partial charge in [-0.3, -0.25) is 0 Å². The van der Waals surface area contributed by atoms with Crippen LogP contribution in [0.4, 0.5) is 0 Å². The first-order chi connectivity index (χ1) is 6.07.